The number of nitrogens with one attached hydrogen (secondary N) is 1. The van der Waals surface area contributed by atoms with Crippen molar-refractivity contribution in [3.63, 3.8) is 0 Å². The number of aryl methyl sites for hydroxylation is 1. The molecule has 2 aromatic heterocycles. The molecule has 0 unspecified atom stereocenters. The molecule has 0 spiro atoms. The van der Waals surface area contributed by atoms with Gasteiger partial charge in [0.05, 0.1) is 23.3 Å². The van der Waals surface area contributed by atoms with Gasteiger partial charge in [0.2, 0.25) is 0 Å². The number of aromatic nitrogens is 4. The Labute approximate surface area is 123 Å². The van der Waals surface area contributed by atoms with Crippen LogP contribution in [0.2, 0.25) is 0 Å². The Kier molecular flexibility index (Phi) is 4.02. The summed E-state index contributed by atoms with van der Waals surface area (Å²) in [5.74, 6) is 0. The maximum Gasteiger partial charge on any atom is 0.0969 e. The SMILES string of the molecule is Cc1cccc(CNCc2cnn(-c3ccccc3)n2)n1. The maximum atomic E-state index is 4.45. The summed E-state index contributed by atoms with van der Waals surface area (Å²) < 4.78 is 0. The van der Waals surface area contributed by atoms with Crippen LogP contribution < -0.4 is 5.32 Å². The summed E-state index contributed by atoms with van der Waals surface area (Å²) in [4.78, 5) is 6.09. The van der Waals surface area contributed by atoms with Gasteiger partial charge in [0, 0.05) is 18.8 Å². The lowest BCUT2D eigenvalue weighted by Crippen LogP contribution is -2.14. The quantitative estimate of drug-likeness (QED) is 0.778. The van der Waals surface area contributed by atoms with Gasteiger partial charge in [-0.1, -0.05) is 24.3 Å². The fraction of sp³-hybridized carbons (Fsp3) is 0.188. The zero-order chi connectivity index (χ0) is 14.5. The van der Waals surface area contributed by atoms with Gasteiger partial charge in [-0.3, -0.25) is 4.98 Å². The van der Waals surface area contributed by atoms with Crippen molar-refractivity contribution in [1.82, 2.24) is 25.3 Å². The molecule has 0 amide bonds. The fourth-order valence-electron chi connectivity index (χ4n) is 2.08. The smallest absolute Gasteiger partial charge is 0.0969 e. The lowest BCUT2D eigenvalue weighted by molar-refractivity contribution is 0.652. The molecule has 21 heavy (non-hydrogen) atoms. The summed E-state index contributed by atoms with van der Waals surface area (Å²) in [6.45, 7) is 3.39. The van der Waals surface area contributed by atoms with E-state index in [1.807, 2.05) is 55.5 Å². The molecule has 1 N–H and O–H groups in total. The van der Waals surface area contributed by atoms with Crippen LogP contribution in [0.4, 0.5) is 0 Å². The third-order valence-corrected chi connectivity index (χ3v) is 3.08. The molecule has 0 fully saturated rings. The molecule has 3 aromatic rings. The monoisotopic (exact) mass is 279 g/mol. The van der Waals surface area contributed by atoms with Crippen molar-refractivity contribution in [2.45, 2.75) is 20.0 Å². The zero-order valence-electron chi connectivity index (χ0n) is 11.9. The van der Waals surface area contributed by atoms with Crippen molar-refractivity contribution in [3.8, 4) is 5.69 Å². The molecule has 5 nitrogen and oxygen atoms in total. The molecule has 0 saturated heterocycles. The minimum absolute atomic E-state index is 0.669. The molecule has 0 saturated carbocycles. The number of rotatable bonds is 5. The van der Waals surface area contributed by atoms with E-state index < -0.39 is 0 Å². The predicted molar refractivity (Wildman–Crippen MR) is 80.9 cm³/mol. The Morgan fingerprint density at radius 2 is 1.76 bits per heavy atom. The zero-order valence-corrected chi connectivity index (χ0v) is 11.9. The lowest BCUT2D eigenvalue weighted by Gasteiger charge is -2.03. The maximum absolute atomic E-state index is 4.45. The highest BCUT2D eigenvalue weighted by Crippen LogP contribution is 2.04. The van der Waals surface area contributed by atoms with Crippen LogP contribution in [0.15, 0.2) is 54.7 Å². The van der Waals surface area contributed by atoms with Gasteiger partial charge in [0.1, 0.15) is 0 Å². The van der Waals surface area contributed by atoms with Crippen molar-refractivity contribution < 1.29 is 0 Å². The van der Waals surface area contributed by atoms with Crippen LogP contribution in [0, 0.1) is 6.92 Å². The molecular weight excluding hydrogens is 262 g/mol. The molecule has 0 aliphatic rings. The number of para-hydroxylation sites is 1. The second-order valence-electron chi connectivity index (χ2n) is 4.83. The van der Waals surface area contributed by atoms with Gasteiger partial charge in [-0.15, -0.1) is 0 Å². The van der Waals surface area contributed by atoms with Crippen molar-refractivity contribution in [1.29, 1.82) is 0 Å². The van der Waals surface area contributed by atoms with Crippen molar-refractivity contribution in [2.24, 2.45) is 0 Å². The van der Waals surface area contributed by atoms with E-state index in [2.05, 4.69) is 20.5 Å². The molecule has 0 atom stereocenters. The van der Waals surface area contributed by atoms with Crippen LogP contribution in [0.5, 0.6) is 0 Å². The van der Waals surface area contributed by atoms with E-state index in [0.29, 0.717) is 6.54 Å². The highest BCUT2D eigenvalue weighted by molar-refractivity contribution is 5.28. The minimum Gasteiger partial charge on any atom is -0.305 e. The van der Waals surface area contributed by atoms with Crippen molar-refractivity contribution in [2.75, 3.05) is 0 Å². The average molecular weight is 279 g/mol. The molecule has 3 rings (SSSR count). The molecule has 0 aliphatic carbocycles. The first-order valence-corrected chi connectivity index (χ1v) is 6.91. The standard InChI is InChI=1S/C16H17N5/c1-13-6-5-7-14(19-13)10-17-11-15-12-18-21(20-15)16-8-3-2-4-9-16/h2-9,12,17H,10-11H2,1H3. The van der Waals surface area contributed by atoms with Crippen LogP contribution in [0.3, 0.4) is 0 Å². The van der Waals surface area contributed by atoms with Crippen LogP contribution in [0.1, 0.15) is 17.1 Å². The number of hydrogen-bond donors (Lipinski definition) is 1. The van der Waals surface area contributed by atoms with Crippen LogP contribution in [-0.4, -0.2) is 20.0 Å². The second kappa shape index (κ2) is 6.28. The molecular formula is C16H17N5. The molecule has 5 heteroatoms. The van der Waals surface area contributed by atoms with Gasteiger partial charge in [-0.05, 0) is 31.2 Å². The molecule has 106 valence electrons. The van der Waals surface area contributed by atoms with Crippen molar-refractivity contribution >= 4 is 0 Å². The molecule has 0 bridgehead atoms. The minimum atomic E-state index is 0.669. The van der Waals surface area contributed by atoms with Gasteiger partial charge >= 0.3 is 0 Å². The van der Waals surface area contributed by atoms with Crippen LogP contribution in [-0.2, 0) is 13.1 Å². The Morgan fingerprint density at radius 1 is 0.952 bits per heavy atom. The van der Waals surface area contributed by atoms with E-state index in [9.17, 15) is 0 Å². The number of benzene rings is 1. The molecule has 1 aromatic carbocycles. The normalized spacial score (nSPS) is 10.7. The Balaban J connectivity index is 1.58. The van der Waals surface area contributed by atoms with E-state index in [0.717, 1.165) is 29.3 Å². The topological polar surface area (TPSA) is 55.6 Å². The first-order valence-electron chi connectivity index (χ1n) is 6.91. The summed E-state index contributed by atoms with van der Waals surface area (Å²) in [5.41, 5.74) is 3.94. The summed E-state index contributed by atoms with van der Waals surface area (Å²) in [6.07, 6.45) is 1.78. The summed E-state index contributed by atoms with van der Waals surface area (Å²) in [7, 11) is 0. The third-order valence-electron chi connectivity index (χ3n) is 3.08. The van der Waals surface area contributed by atoms with Gasteiger partial charge in [-0.25, -0.2) is 0 Å². The lowest BCUT2D eigenvalue weighted by atomic mass is 10.3. The third kappa shape index (κ3) is 3.52. The van der Waals surface area contributed by atoms with E-state index >= 15 is 0 Å². The molecule has 0 radical (unpaired) electrons. The summed E-state index contributed by atoms with van der Waals surface area (Å²) in [5, 5.41) is 12.1. The Morgan fingerprint density at radius 3 is 2.57 bits per heavy atom. The van der Waals surface area contributed by atoms with Gasteiger partial charge in [-0.2, -0.15) is 15.0 Å². The first-order chi connectivity index (χ1) is 10.3. The highest BCUT2D eigenvalue weighted by Gasteiger charge is 2.02. The van der Waals surface area contributed by atoms with E-state index in [1.54, 1.807) is 11.0 Å². The predicted octanol–water partition coefficient (Wildman–Crippen LogP) is 2.26. The second-order valence-corrected chi connectivity index (χ2v) is 4.83. The number of pyridine rings is 1. The van der Waals surface area contributed by atoms with E-state index in [-0.39, 0.29) is 0 Å². The van der Waals surface area contributed by atoms with Gasteiger partial charge < -0.3 is 5.32 Å². The van der Waals surface area contributed by atoms with E-state index in [4.69, 9.17) is 0 Å². The first kappa shape index (κ1) is 13.5. The number of hydrogen-bond acceptors (Lipinski definition) is 4. The average Bonchev–Trinajstić information content (AvgIpc) is 2.97. The fourth-order valence-corrected chi connectivity index (χ4v) is 2.08. The van der Waals surface area contributed by atoms with Gasteiger partial charge in [0.25, 0.3) is 0 Å². The summed E-state index contributed by atoms with van der Waals surface area (Å²) >= 11 is 0. The van der Waals surface area contributed by atoms with Gasteiger partial charge in [0.15, 0.2) is 0 Å². The number of nitrogens with zero attached hydrogens (tertiary/aromatic N) is 4. The van der Waals surface area contributed by atoms with Crippen molar-refractivity contribution in [3.05, 3.63) is 71.8 Å². The Hall–Kier alpha value is -2.53. The van der Waals surface area contributed by atoms with E-state index in [1.165, 1.54) is 0 Å². The highest BCUT2D eigenvalue weighted by atomic mass is 15.5. The Bertz CT molecular complexity index is 705. The molecule has 2 heterocycles. The summed E-state index contributed by atoms with van der Waals surface area (Å²) in [6, 6.07) is 15.9. The molecule has 0 aliphatic heterocycles. The largest absolute Gasteiger partial charge is 0.305 e. The van der Waals surface area contributed by atoms with Crippen LogP contribution in [0.25, 0.3) is 5.69 Å². The van der Waals surface area contributed by atoms with Crippen LogP contribution >= 0.6 is 0 Å².